The fourth-order valence-corrected chi connectivity index (χ4v) is 2.75. The molecule has 120 valence electrons. The fraction of sp³-hybridized carbons (Fsp3) is 0.294. The summed E-state index contributed by atoms with van der Waals surface area (Å²) in [6.07, 6.45) is 2.84. The predicted octanol–water partition coefficient (Wildman–Crippen LogP) is 2.12. The Morgan fingerprint density at radius 2 is 2.09 bits per heavy atom. The number of nitrogens with zero attached hydrogens (tertiary/aromatic N) is 1. The largest absolute Gasteiger partial charge is 0.369 e. The third kappa shape index (κ3) is 3.43. The number of nitrogen functional groups attached to an aromatic ring is 1. The molecule has 6 nitrogen and oxygen atoms in total. The van der Waals surface area contributed by atoms with E-state index in [4.69, 9.17) is 5.73 Å². The van der Waals surface area contributed by atoms with Crippen LogP contribution in [0.15, 0.2) is 41.3 Å². The van der Waals surface area contributed by atoms with E-state index in [0.29, 0.717) is 23.5 Å². The Labute approximate surface area is 134 Å². The molecule has 0 spiro atoms. The summed E-state index contributed by atoms with van der Waals surface area (Å²) in [5.74, 6) is 0.622. The Morgan fingerprint density at radius 1 is 1.30 bits per heavy atom. The molecule has 2 aromatic heterocycles. The average molecular weight is 311 g/mol. The van der Waals surface area contributed by atoms with Gasteiger partial charge in [-0.1, -0.05) is 37.3 Å². The maximum Gasteiger partial charge on any atom is 0.262 e. The summed E-state index contributed by atoms with van der Waals surface area (Å²) in [5, 5.41) is 3.96. The van der Waals surface area contributed by atoms with Gasteiger partial charge in [-0.15, -0.1) is 0 Å². The van der Waals surface area contributed by atoms with Crippen LogP contribution in [0.4, 0.5) is 5.95 Å². The molecule has 0 aliphatic heterocycles. The number of benzene rings is 1. The molecule has 3 rings (SSSR count). The predicted molar refractivity (Wildman–Crippen MR) is 92.3 cm³/mol. The number of nitrogens with two attached hydrogens (primary N) is 1. The van der Waals surface area contributed by atoms with Crippen LogP contribution >= 0.6 is 0 Å². The molecule has 0 saturated heterocycles. The van der Waals surface area contributed by atoms with Crippen molar-refractivity contribution in [2.75, 3.05) is 12.3 Å². The van der Waals surface area contributed by atoms with Crippen molar-refractivity contribution in [3.05, 3.63) is 58.0 Å². The number of fused-ring (bicyclic) bond motifs is 1. The first-order valence-electron chi connectivity index (χ1n) is 7.76. The van der Waals surface area contributed by atoms with Gasteiger partial charge in [0.15, 0.2) is 0 Å². The van der Waals surface area contributed by atoms with Crippen LogP contribution in [-0.2, 0) is 6.54 Å². The van der Waals surface area contributed by atoms with Gasteiger partial charge in [-0.05, 0) is 30.0 Å². The SMILES string of the molecule is CC(CCNCc1c[nH]c2nc(N)[nH]c(=O)c12)c1ccccc1. The van der Waals surface area contributed by atoms with E-state index in [1.165, 1.54) is 5.56 Å². The summed E-state index contributed by atoms with van der Waals surface area (Å²) >= 11 is 0. The Hall–Kier alpha value is -2.60. The number of aromatic nitrogens is 3. The summed E-state index contributed by atoms with van der Waals surface area (Å²) in [5.41, 5.74) is 8.11. The second-order valence-corrected chi connectivity index (χ2v) is 5.77. The molecule has 0 aliphatic rings. The number of hydrogen-bond donors (Lipinski definition) is 4. The number of hydrogen-bond acceptors (Lipinski definition) is 4. The first-order chi connectivity index (χ1) is 11.1. The minimum atomic E-state index is -0.205. The number of H-pyrrole nitrogens is 2. The zero-order valence-corrected chi connectivity index (χ0v) is 13.1. The van der Waals surface area contributed by atoms with Crippen LogP contribution in [0.25, 0.3) is 11.0 Å². The van der Waals surface area contributed by atoms with Crippen LogP contribution in [-0.4, -0.2) is 21.5 Å². The van der Waals surface area contributed by atoms with Crippen LogP contribution < -0.4 is 16.6 Å². The summed E-state index contributed by atoms with van der Waals surface area (Å²) < 4.78 is 0. The van der Waals surface area contributed by atoms with E-state index < -0.39 is 0 Å². The Kier molecular flexibility index (Phi) is 4.43. The highest BCUT2D eigenvalue weighted by atomic mass is 16.1. The molecule has 1 atom stereocenters. The smallest absolute Gasteiger partial charge is 0.262 e. The first-order valence-corrected chi connectivity index (χ1v) is 7.76. The lowest BCUT2D eigenvalue weighted by atomic mass is 9.98. The molecular weight excluding hydrogens is 290 g/mol. The molecule has 0 bridgehead atoms. The van der Waals surface area contributed by atoms with Gasteiger partial charge in [-0.2, -0.15) is 4.98 Å². The molecule has 0 amide bonds. The van der Waals surface area contributed by atoms with Crippen LogP contribution in [0.1, 0.15) is 30.4 Å². The molecule has 6 heteroatoms. The summed E-state index contributed by atoms with van der Waals surface area (Å²) in [6.45, 7) is 3.72. The third-order valence-corrected chi connectivity index (χ3v) is 4.08. The van der Waals surface area contributed by atoms with Gasteiger partial charge < -0.3 is 16.0 Å². The maximum absolute atomic E-state index is 12.0. The van der Waals surface area contributed by atoms with Crippen molar-refractivity contribution in [2.45, 2.75) is 25.8 Å². The monoisotopic (exact) mass is 311 g/mol. The fourth-order valence-electron chi connectivity index (χ4n) is 2.75. The highest BCUT2D eigenvalue weighted by Gasteiger charge is 2.10. The minimum Gasteiger partial charge on any atom is -0.369 e. The van der Waals surface area contributed by atoms with Gasteiger partial charge >= 0.3 is 0 Å². The molecule has 2 heterocycles. The normalized spacial score (nSPS) is 12.6. The molecule has 0 radical (unpaired) electrons. The van der Waals surface area contributed by atoms with Crippen molar-refractivity contribution < 1.29 is 0 Å². The van der Waals surface area contributed by atoms with Gasteiger partial charge in [-0.25, -0.2) is 0 Å². The highest BCUT2D eigenvalue weighted by Crippen LogP contribution is 2.18. The lowest BCUT2D eigenvalue weighted by molar-refractivity contribution is 0.595. The zero-order chi connectivity index (χ0) is 16.2. The van der Waals surface area contributed by atoms with E-state index in [-0.39, 0.29) is 11.5 Å². The number of aromatic amines is 2. The van der Waals surface area contributed by atoms with E-state index in [1.807, 2.05) is 6.07 Å². The third-order valence-electron chi connectivity index (χ3n) is 4.08. The Balaban J connectivity index is 1.58. The molecule has 5 N–H and O–H groups in total. The first kappa shape index (κ1) is 15.3. The van der Waals surface area contributed by atoms with E-state index in [2.05, 4.69) is 51.5 Å². The van der Waals surface area contributed by atoms with E-state index in [1.54, 1.807) is 6.20 Å². The molecule has 0 saturated carbocycles. The van der Waals surface area contributed by atoms with Crippen molar-refractivity contribution in [1.82, 2.24) is 20.3 Å². The van der Waals surface area contributed by atoms with Crippen molar-refractivity contribution in [3.63, 3.8) is 0 Å². The molecule has 23 heavy (non-hydrogen) atoms. The maximum atomic E-state index is 12.0. The van der Waals surface area contributed by atoms with Gasteiger partial charge in [0.25, 0.3) is 5.56 Å². The average Bonchev–Trinajstić information content (AvgIpc) is 2.95. The lowest BCUT2D eigenvalue weighted by Crippen LogP contribution is -2.18. The standard InChI is InChI=1S/C17H21N5O/c1-11(12-5-3-2-4-6-12)7-8-19-9-13-10-20-15-14(13)16(23)22-17(18)21-15/h2-6,10-11,19H,7-9H2,1H3,(H4,18,20,21,22,23). The van der Waals surface area contributed by atoms with Gasteiger partial charge in [-0.3, -0.25) is 9.78 Å². The highest BCUT2D eigenvalue weighted by molar-refractivity contribution is 5.79. The summed E-state index contributed by atoms with van der Waals surface area (Å²) in [6, 6.07) is 10.5. The van der Waals surface area contributed by atoms with Crippen molar-refractivity contribution in [2.24, 2.45) is 0 Å². The van der Waals surface area contributed by atoms with E-state index in [0.717, 1.165) is 18.5 Å². The number of rotatable bonds is 6. The molecule has 1 aromatic carbocycles. The van der Waals surface area contributed by atoms with Gasteiger partial charge in [0.2, 0.25) is 5.95 Å². The molecule has 1 unspecified atom stereocenters. The van der Waals surface area contributed by atoms with Crippen LogP contribution in [0.3, 0.4) is 0 Å². The Morgan fingerprint density at radius 3 is 2.87 bits per heavy atom. The van der Waals surface area contributed by atoms with Crippen LogP contribution in [0, 0.1) is 0 Å². The summed E-state index contributed by atoms with van der Waals surface area (Å²) in [7, 11) is 0. The second kappa shape index (κ2) is 6.66. The zero-order valence-electron chi connectivity index (χ0n) is 13.1. The second-order valence-electron chi connectivity index (χ2n) is 5.77. The molecule has 0 fully saturated rings. The molecule has 3 aromatic rings. The van der Waals surface area contributed by atoms with Crippen LogP contribution in [0.5, 0.6) is 0 Å². The molecule has 0 aliphatic carbocycles. The topological polar surface area (TPSA) is 99.6 Å². The quantitative estimate of drug-likeness (QED) is 0.524. The number of anilines is 1. The number of nitrogens with one attached hydrogen (secondary N) is 3. The van der Waals surface area contributed by atoms with Gasteiger partial charge in [0.1, 0.15) is 5.65 Å². The molecular formula is C17H21N5O. The van der Waals surface area contributed by atoms with E-state index in [9.17, 15) is 4.79 Å². The van der Waals surface area contributed by atoms with Crippen LogP contribution in [0.2, 0.25) is 0 Å². The van der Waals surface area contributed by atoms with E-state index >= 15 is 0 Å². The van der Waals surface area contributed by atoms with Crippen molar-refractivity contribution >= 4 is 17.0 Å². The summed E-state index contributed by atoms with van der Waals surface area (Å²) in [4.78, 5) is 21.6. The van der Waals surface area contributed by atoms with Gasteiger partial charge in [0, 0.05) is 12.7 Å². The van der Waals surface area contributed by atoms with Crippen molar-refractivity contribution in [3.8, 4) is 0 Å². The lowest BCUT2D eigenvalue weighted by Gasteiger charge is -2.12. The van der Waals surface area contributed by atoms with Gasteiger partial charge in [0.05, 0.1) is 5.39 Å². The Bertz CT molecular complexity index is 837. The minimum absolute atomic E-state index is 0.126. The van der Waals surface area contributed by atoms with Crippen molar-refractivity contribution in [1.29, 1.82) is 0 Å².